The van der Waals surface area contributed by atoms with Gasteiger partial charge in [0.05, 0.1) is 11.3 Å². The van der Waals surface area contributed by atoms with Crippen LogP contribution in [0, 0.1) is 11.3 Å². The first-order valence-electron chi connectivity index (χ1n) is 8.79. The molecule has 6 heteroatoms. The first kappa shape index (κ1) is 15.6. The number of anilines is 1. The van der Waals surface area contributed by atoms with Crippen molar-refractivity contribution in [2.45, 2.75) is 13.3 Å². The van der Waals surface area contributed by atoms with Crippen LogP contribution in [0.25, 0.3) is 0 Å². The van der Waals surface area contributed by atoms with Crippen molar-refractivity contribution in [3.05, 3.63) is 29.8 Å². The summed E-state index contributed by atoms with van der Waals surface area (Å²) in [6.07, 6.45) is 1.05. The molecule has 4 aliphatic rings. The molecule has 1 aromatic carbocycles. The Morgan fingerprint density at radius 3 is 2.58 bits per heavy atom. The van der Waals surface area contributed by atoms with Gasteiger partial charge in [-0.05, 0) is 18.6 Å². The van der Waals surface area contributed by atoms with Gasteiger partial charge >= 0.3 is 0 Å². The molecule has 24 heavy (non-hydrogen) atoms. The molecule has 0 spiro atoms. The molecule has 1 aromatic rings. The minimum atomic E-state index is -0.223. The van der Waals surface area contributed by atoms with E-state index in [9.17, 15) is 4.79 Å². The van der Waals surface area contributed by atoms with Crippen LogP contribution in [0.1, 0.15) is 23.7 Å². The minimum absolute atomic E-state index is 0.0766. The molecule has 4 bridgehead atoms. The van der Waals surface area contributed by atoms with Crippen LogP contribution in [-0.4, -0.2) is 60.7 Å². The first-order valence-corrected chi connectivity index (χ1v) is 8.79. The van der Waals surface area contributed by atoms with E-state index in [0.717, 1.165) is 45.7 Å². The Bertz CT molecular complexity index is 670. The quantitative estimate of drug-likeness (QED) is 0.642. The van der Waals surface area contributed by atoms with Gasteiger partial charge < -0.3 is 15.5 Å². The smallest absolute Gasteiger partial charge is 0.273 e. The van der Waals surface area contributed by atoms with Crippen molar-refractivity contribution in [3.63, 3.8) is 0 Å². The average molecular weight is 327 g/mol. The van der Waals surface area contributed by atoms with Crippen LogP contribution in [0.2, 0.25) is 0 Å². The number of piperidine rings is 2. The second-order valence-electron chi connectivity index (χ2n) is 7.33. The Hall–Kier alpha value is -1.92. The summed E-state index contributed by atoms with van der Waals surface area (Å²) in [5.74, 6) is 0.197. The molecule has 5 rings (SSSR count). The summed E-state index contributed by atoms with van der Waals surface area (Å²) < 4.78 is 0. The van der Waals surface area contributed by atoms with Gasteiger partial charge in [-0.15, -0.1) is 0 Å². The predicted octanol–water partition coefficient (Wildman–Crippen LogP) is 1.01. The van der Waals surface area contributed by atoms with Crippen LogP contribution in [0.4, 0.5) is 5.69 Å². The summed E-state index contributed by atoms with van der Waals surface area (Å²) in [4.78, 5) is 17.6. The van der Waals surface area contributed by atoms with Gasteiger partial charge in [-0.2, -0.15) is 5.10 Å². The number of para-hydroxylation sites is 1. The van der Waals surface area contributed by atoms with E-state index in [1.54, 1.807) is 12.1 Å². The van der Waals surface area contributed by atoms with Crippen LogP contribution in [0.15, 0.2) is 29.4 Å². The zero-order valence-corrected chi connectivity index (χ0v) is 14.2. The number of rotatable bonds is 3. The fourth-order valence-electron chi connectivity index (χ4n) is 4.60. The van der Waals surface area contributed by atoms with Crippen molar-refractivity contribution in [2.24, 2.45) is 16.4 Å². The maximum atomic E-state index is 12.4. The monoisotopic (exact) mass is 327 g/mol. The number of nitrogen functional groups attached to an aromatic ring is 1. The number of benzene rings is 1. The number of nitrogens with two attached hydrogens (primary N) is 1. The van der Waals surface area contributed by atoms with E-state index in [1.165, 1.54) is 5.71 Å². The lowest BCUT2D eigenvalue weighted by Crippen LogP contribution is -2.61. The third-order valence-corrected chi connectivity index (χ3v) is 5.83. The highest BCUT2D eigenvalue weighted by Crippen LogP contribution is 2.40. The Morgan fingerprint density at radius 2 is 1.96 bits per heavy atom. The van der Waals surface area contributed by atoms with Crippen molar-refractivity contribution in [1.82, 2.24) is 15.2 Å². The molecule has 128 valence electrons. The van der Waals surface area contributed by atoms with Gasteiger partial charge in [-0.3, -0.25) is 4.79 Å². The normalized spacial score (nSPS) is 35.9. The van der Waals surface area contributed by atoms with Crippen LogP contribution < -0.4 is 11.2 Å². The molecule has 4 fully saturated rings. The molecular weight excluding hydrogens is 302 g/mol. The molecule has 1 amide bonds. The SMILES string of the molecule is CCC12CN3CCN(CC(C3)/C1=N\NC(=O)c1ccccc1N)C2. The van der Waals surface area contributed by atoms with Gasteiger partial charge in [0, 0.05) is 56.3 Å². The van der Waals surface area contributed by atoms with Gasteiger partial charge in [-0.1, -0.05) is 19.1 Å². The molecule has 4 heterocycles. The standard InChI is InChI=1S/C18H25N5O/c1-2-18-11-22-7-8-23(12-18)10-13(9-22)16(18)20-21-17(24)14-5-3-4-6-15(14)19/h3-6,13H,2,7-12,19H2,1H3,(H,21,24)/b20-16+. The number of nitrogens with zero attached hydrogens (tertiary/aromatic N) is 3. The van der Waals surface area contributed by atoms with Crippen LogP contribution >= 0.6 is 0 Å². The fourth-order valence-corrected chi connectivity index (χ4v) is 4.60. The van der Waals surface area contributed by atoms with Crippen molar-refractivity contribution in [2.75, 3.05) is 45.0 Å². The van der Waals surface area contributed by atoms with E-state index in [-0.39, 0.29) is 11.3 Å². The Labute approximate surface area is 142 Å². The molecule has 4 aliphatic heterocycles. The molecule has 3 N–H and O–H groups in total. The van der Waals surface area contributed by atoms with E-state index in [4.69, 9.17) is 5.73 Å². The number of amides is 1. The highest BCUT2D eigenvalue weighted by Gasteiger charge is 2.51. The molecule has 0 aliphatic carbocycles. The number of hydrazone groups is 1. The Morgan fingerprint density at radius 1 is 1.29 bits per heavy atom. The number of nitrogens with one attached hydrogen (secondary N) is 1. The Kier molecular flexibility index (Phi) is 3.81. The van der Waals surface area contributed by atoms with Crippen molar-refractivity contribution in [1.29, 1.82) is 0 Å². The van der Waals surface area contributed by atoms with Gasteiger partial charge in [0.1, 0.15) is 0 Å². The molecule has 0 radical (unpaired) electrons. The van der Waals surface area contributed by atoms with Gasteiger partial charge in [0.15, 0.2) is 0 Å². The first-order chi connectivity index (χ1) is 11.6. The lowest BCUT2D eigenvalue weighted by molar-refractivity contribution is 0.0944. The molecule has 2 atom stereocenters. The molecule has 0 saturated carbocycles. The minimum Gasteiger partial charge on any atom is -0.398 e. The number of fused-ring (bicyclic) bond motifs is 1. The summed E-state index contributed by atoms with van der Waals surface area (Å²) in [6.45, 7) is 8.76. The lowest BCUT2D eigenvalue weighted by Gasteiger charge is -2.50. The Balaban J connectivity index is 1.60. The topological polar surface area (TPSA) is 74.0 Å². The molecular formula is C18H25N5O. The van der Waals surface area contributed by atoms with Crippen LogP contribution in [0.3, 0.4) is 0 Å². The van der Waals surface area contributed by atoms with Crippen molar-refractivity contribution >= 4 is 17.3 Å². The highest BCUT2D eigenvalue weighted by atomic mass is 16.2. The maximum absolute atomic E-state index is 12.4. The zero-order valence-electron chi connectivity index (χ0n) is 14.2. The average Bonchev–Trinajstić information content (AvgIpc) is 2.82. The summed E-state index contributed by atoms with van der Waals surface area (Å²) in [5.41, 5.74) is 10.9. The third-order valence-electron chi connectivity index (χ3n) is 5.83. The summed E-state index contributed by atoms with van der Waals surface area (Å²) in [7, 11) is 0. The third kappa shape index (κ3) is 2.50. The number of hydrogen-bond donors (Lipinski definition) is 2. The number of hydrogen-bond acceptors (Lipinski definition) is 5. The lowest BCUT2D eigenvalue weighted by atomic mass is 9.69. The van der Waals surface area contributed by atoms with E-state index in [1.807, 2.05) is 12.1 Å². The van der Waals surface area contributed by atoms with Crippen molar-refractivity contribution in [3.8, 4) is 0 Å². The number of carbonyl (C=O) groups excluding carboxylic acids is 1. The fraction of sp³-hybridized carbons (Fsp3) is 0.556. The van der Waals surface area contributed by atoms with Crippen LogP contribution in [-0.2, 0) is 0 Å². The molecule has 2 unspecified atom stereocenters. The molecule has 0 aromatic heterocycles. The van der Waals surface area contributed by atoms with E-state index >= 15 is 0 Å². The second-order valence-corrected chi connectivity index (χ2v) is 7.33. The van der Waals surface area contributed by atoms with E-state index < -0.39 is 0 Å². The van der Waals surface area contributed by atoms with Gasteiger partial charge in [0.2, 0.25) is 0 Å². The van der Waals surface area contributed by atoms with E-state index in [2.05, 4.69) is 27.3 Å². The summed E-state index contributed by atoms with van der Waals surface area (Å²) >= 11 is 0. The van der Waals surface area contributed by atoms with E-state index in [0.29, 0.717) is 17.2 Å². The molecule has 6 nitrogen and oxygen atoms in total. The maximum Gasteiger partial charge on any atom is 0.273 e. The number of carbonyl (C=O) groups is 1. The summed E-state index contributed by atoms with van der Waals surface area (Å²) in [5, 5.41) is 4.63. The second kappa shape index (κ2) is 5.86. The van der Waals surface area contributed by atoms with Gasteiger partial charge in [0.25, 0.3) is 5.91 Å². The van der Waals surface area contributed by atoms with Gasteiger partial charge in [-0.25, -0.2) is 5.43 Å². The predicted molar refractivity (Wildman–Crippen MR) is 94.8 cm³/mol. The largest absolute Gasteiger partial charge is 0.398 e. The summed E-state index contributed by atoms with van der Waals surface area (Å²) in [6, 6.07) is 7.12. The molecule has 4 saturated heterocycles. The van der Waals surface area contributed by atoms with Crippen molar-refractivity contribution < 1.29 is 4.79 Å². The van der Waals surface area contributed by atoms with Crippen LogP contribution in [0.5, 0.6) is 0 Å². The zero-order chi connectivity index (χ0) is 16.7. The highest BCUT2D eigenvalue weighted by molar-refractivity contribution is 6.01.